The van der Waals surface area contributed by atoms with Crippen LogP contribution in [-0.4, -0.2) is 21.7 Å². The van der Waals surface area contributed by atoms with Crippen molar-refractivity contribution in [2.45, 2.75) is 59.0 Å². The fourth-order valence-electron chi connectivity index (χ4n) is 3.99. The number of rotatable bonds is 3. The van der Waals surface area contributed by atoms with Crippen LogP contribution in [0.25, 0.3) is 0 Å². The highest BCUT2D eigenvalue weighted by Crippen LogP contribution is 2.45. The molecule has 1 amide bonds. The second-order valence-electron chi connectivity index (χ2n) is 8.04. The van der Waals surface area contributed by atoms with Gasteiger partial charge in [-0.1, -0.05) is 27.7 Å². The van der Waals surface area contributed by atoms with Crippen LogP contribution in [0, 0.1) is 10.8 Å². The molecular weight excluding hydrogens is 264 g/mol. The summed E-state index contributed by atoms with van der Waals surface area (Å²) in [5.74, 6) is -0.110. The van der Waals surface area contributed by atoms with Gasteiger partial charge in [0.2, 0.25) is 5.91 Å². The van der Waals surface area contributed by atoms with E-state index in [1.54, 1.807) is 17.1 Å². The second kappa shape index (κ2) is 5.44. The second-order valence-corrected chi connectivity index (χ2v) is 8.04. The summed E-state index contributed by atoms with van der Waals surface area (Å²) in [4.78, 5) is 12.4. The third-order valence-electron chi connectivity index (χ3n) is 4.27. The first-order chi connectivity index (χ1) is 9.58. The molecule has 1 atom stereocenters. The molecule has 1 aliphatic rings. The van der Waals surface area contributed by atoms with E-state index in [4.69, 9.17) is 5.73 Å². The monoisotopic (exact) mass is 292 g/mol. The number of hydrogen-bond donors (Lipinski definition) is 2. The number of nitrogens with zero attached hydrogens (tertiary/aromatic N) is 2. The lowest BCUT2D eigenvalue weighted by Crippen LogP contribution is -2.48. The number of aromatic nitrogens is 2. The molecule has 0 bridgehead atoms. The van der Waals surface area contributed by atoms with Crippen molar-refractivity contribution in [1.29, 1.82) is 0 Å². The van der Waals surface area contributed by atoms with Crippen molar-refractivity contribution in [3.8, 4) is 0 Å². The molecule has 0 radical (unpaired) electrons. The Labute approximate surface area is 127 Å². The topological polar surface area (TPSA) is 72.9 Å². The normalized spacial score (nSPS) is 22.8. The van der Waals surface area contributed by atoms with Crippen LogP contribution in [0.4, 0.5) is 0 Å². The Hall–Kier alpha value is -1.36. The van der Waals surface area contributed by atoms with Gasteiger partial charge >= 0.3 is 0 Å². The van der Waals surface area contributed by atoms with E-state index in [0.29, 0.717) is 0 Å². The van der Waals surface area contributed by atoms with Crippen LogP contribution >= 0.6 is 0 Å². The maximum atomic E-state index is 12.4. The third kappa shape index (κ3) is 4.06. The third-order valence-corrected chi connectivity index (χ3v) is 4.27. The average Bonchev–Trinajstić information content (AvgIpc) is 2.70. The number of nitrogens with two attached hydrogens (primary N) is 1. The maximum Gasteiger partial charge on any atom is 0.241 e. The Morgan fingerprint density at radius 2 is 1.95 bits per heavy atom. The van der Waals surface area contributed by atoms with E-state index in [9.17, 15) is 4.79 Å². The standard InChI is InChI=1S/C16H28N4O/c1-15(2)6-12(7-16(3,4)10-15)19-14(21)13(17)11-8-18-20(5)9-11/h8-9,12-13H,6-7,10,17H2,1-5H3,(H,19,21). The van der Waals surface area contributed by atoms with Gasteiger partial charge < -0.3 is 11.1 Å². The maximum absolute atomic E-state index is 12.4. The van der Waals surface area contributed by atoms with E-state index in [0.717, 1.165) is 18.4 Å². The van der Waals surface area contributed by atoms with Gasteiger partial charge in [-0.25, -0.2) is 0 Å². The summed E-state index contributed by atoms with van der Waals surface area (Å²) in [6.45, 7) is 9.09. The highest BCUT2D eigenvalue weighted by Gasteiger charge is 2.39. The zero-order valence-corrected chi connectivity index (χ0v) is 13.8. The van der Waals surface area contributed by atoms with Crippen molar-refractivity contribution >= 4 is 5.91 Å². The van der Waals surface area contributed by atoms with Crippen molar-refractivity contribution < 1.29 is 4.79 Å². The van der Waals surface area contributed by atoms with Crippen molar-refractivity contribution in [2.75, 3.05) is 0 Å². The Kier molecular flexibility index (Phi) is 4.15. The van der Waals surface area contributed by atoms with E-state index in [-0.39, 0.29) is 22.8 Å². The Morgan fingerprint density at radius 1 is 1.38 bits per heavy atom. The summed E-state index contributed by atoms with van der Waals surface area (Å²) in [5.41, 5.74) is 7.29. The van der Waals surface area contributed by atoms with Crippen LogP contribution < -0.4 is 11.1 Å². The Balaban J connectivity index is 2.02. The van der Waals surface area contributed by atoms with Gasteiger partial charge in [-0.15, -0.1) is 0 Å². The smallest absolute Gasteiger partial charge is 0.241 e. The molecule has 1 aromatic heterocycles. The number of hydrogen-bond acceptors (Lipinski definition) is 3. The van der Waals surface area contributed by atoms with Crippen LogP contribution in [0.15, 0.2) is 12.4 Å². The first-order valence-corrected chi connectivity index (χ1v) is 7.63. The average molecular weight is 292 g/mol. The molecule has 0 aromatic carbocycles. The lowest BCUT2D eigenvalue weighted by Gasteiger charge is -2.45. The number of nitrogens with one attached hydrogen (secondary N) is 1. The molecule has 1 fully saturated rings. The van der Waals surface area contributed by atoms with Crippen LogP contribution in [-0.2, 0) is 11.8 Å². The van der Waals surface area contributed by atoms with Gasteiger partial charge in [0.25, 0.3) is 0 Å². The molecule has 2 rings (SSSR count). The molecule has 0 spiro atoms. The van der Waals surface area contributed by atoms with Crippen LogP contribution in [0.5, 0.6) is 0 Å². The van der Waals surface area contributed by atoms with E-state index in [1.807, 2.05) is 7.05 Å². The van der Waals surface area contributed by atoms with Crippen molar-refractivity contribution in [3.63, 3.8) is 0 Å². The molecule has 1 unspecified atom stereocenters. The Morgan fingerprint density at radius 3 is 2.43 bits per heavy atom. The number of aryl methyl sites for hydroxylation is 1. The zero-order chi connectivity index (χ0) is 15.8. The largest absolute Gasteiger partial charge is 0.352 e. The molecule has 1 aliphatic carbocycles. The van der Waals surface area contributed by atoms with Crippen molar-refractivity contribution in [3.05, 3.63) is 18.0 Å². The van der Waals surface area contributed by atoms with Crippen LogP contribution in [0.2, 0.25) is 0 Å². The summed E-state index contributed by atoms with van der Waals surface area (Å²) in [6.07, 6.45) is 6.63. The minimum Gasteiger partial charge on any atom is -0.352 e. The lowest BCUT2D eigenvalue weighted by atomic mass is 9.63. The number of carbonyl (C=O) groups excluding carboxylic acids is 1. The highest BCUT2D eigenvalue weighted by molar-refractivity contribution is 5.83. The van der Waals surface area contributed by atoms with Gasteiger partial charge in [0.05, 0.1) is 6.20 Å². The predicted molar refractivity (Wildman–Crippen MR) is 83.5 cm³/mol. The van der Waals surface area contributed by atoms with Gasteiger partial charge in [0.1, 0.15) is 6.04 Å². The van der Waals surface area contributed by atoms with E-state index in [1.165, 1.54) is 6.42 Å². The van der Waals surface area contributed by atoms with E-state index in [2.05, 4.69) is 38.1 Å². The van der Waals surface area contributed by atoms with Crippen LogP contribution in [0.3, 0.4) is 0 Å². The molecule has 118 valence electrons. The molecule has 1 aromatic rings. The minimum absolute atomic E-state index is 0.110. The van der Waals surface area contributed by atoms with Gasteiger partial charge in [-0.3, -0.25) is 9.48 Å². The molecule has 5 nitrogen and oxygen atoms in total. The fraction of sp³-hybridized carbons (Fsp3) is 0.750. The predicted octanol–water partition coefficient (Wildman–Crippen LogP) is 2.14. The lowest BCUT2D eigenvalue weighted by molar-refractivity contribution is -0.124. The van der Waals surface area contributed by atoms with Crippen LogP contribution in [0.1, 0.15) is 58.6 Å². The summed E-state index contributed by atoms with van der Waals surface area (Å²) >= 11 is 0. The number of amides is 1. The molecule has 1 heterocycles. The van der Waals surface area contributed by atoms with E-state index < -0.39 is 6.04 Å². The quantitative estimate of drug-likeness (QED) is 0.896. The summed E-state index contributed by atoms with van der Waals surface area (Å²) in [6, 6.07) is -0.453. The van der Waals surface area contributed by atoms with E-state index >= 15 is 0 Å². The van der Waals surface area contributed by atoms with Gasteiger partial charge in [-0.2, -0.15) is 5.10 Å². The summed E-state index contributed by atoms with van der Waals surface area (Å²) in [5, 5.41) is 7.21. The van der Waals surface area contributed by atoms with Gasteiger partial charge in [0, 0.05) is 24.8 Å². The molecular formula is C16H28N4O. The minimum atomic E-state index is -0.646. The van der Waals surface area contributed by atoms with Crippen molar-refractivity contribution in [2.24, 2.45) is 23.6 Å². The fourth-order valence-corrected chi connectivity index (χ4v) is 3.99. The molecule has 0 saturated heterocycles. The summed E-state index contributed by atoms with van der Waals surface area (Å²) in [7, 11) is 1.82. The van der Waals surface area contributed by atoms with Crippen molar-refractivity contribution in [1.82, 2.24) is 15.1 Å². The first-order valence-electron chi connectivity index (χ1n) is 7.63. The number of carbonyl (C=O) groups is 1. The molecule has 0 aliphatic heterocycles. The molecule has 5 heteroatoms. The SMILES string of the molecule is Cn1cc(C(N)C(=O)NC2CC(C)(C)CC(C)(C)C2)cn1. The van der Waals surface area contributed by atoms with Gasteiger partial charge in [-0.05, 0) is 30.1 Å². The molecule has 21 heavy (non-hydrogen) atoms. The summed E-state index contributed by atoms with van der Waals surface area (Å²) < 4.78 is 1.66. The highest BCUT2D eigenvalue weighted by atomic mass is 16.2. The Bertz CT molecular complexity index is 502. The molecule has 3 N–H and O–H groups in total. The van der Waals surface area contributed by atoms with Gasteiger partial charge in [0.15, 0.2) is 0 Å². The first kappa shape index (κ1) is 16.0. The zero-order valence-electron chi connectivity index (χ0n) is 13.8. The molecule has 1 saturated carbocycles.